The number of likely N-dealkylation sites (tertiary alicyclic amines) is 1. The number of piperidine rings is 1. The van der Waals surface area contributed by atoms with E-state index in [4.69, 9.17) is 9.47 Å². The van der Waals surface area contributed by atoms with Crippen LogP contribution in [0.15, 0.2) is 30.3 Å². The molecule has 23 heavy (non-hydrogen) atoms. The molecular formula is C18H28N2O3. The Balaban J connectivity index is 1.62. The van der Waals surface area contributed by atoms with Crippen molar-refractivity contribution in [1.82, 2.24) is 10.2 Å². The van der Waals surface area contributed by atoms with E-state index in [1.165, 1.54) is 0 Å². The van der Waals surface area contributed by atoms with Gasteiger partial charge in [-0.1, -0.05) is 30.3 Å². The van der Waals surface area contributed by atoms with E-state index >= 15 is 0 Å². The lowest BCUT2D eigenvalue weighted by molar-refractivity contribution is 0.0840. The largest absolute Gasteiger partial charge is 0.445 e. The Morgan fingerprint density at radius 3 is 2.65 bits per heavy atom. The van der Waals surface area contributed by atoms with Crippen LogP contribution in [0.5, 0.6) is 0 Å². The summed E-state index contributed by atoms with van der Waals surface area (Å²) in [5.41, 5.74) is 1.02. The van der Waals surface area contributed by atoms with Crippen molar-refractivity contribution in [2.75, 3.05) is 26.7 Å². The van der Waals surface area contributed by atoms with Crippen molar-refractivity contribution >= 4 is 6.09 Å². The molecule has 1 aliphatic rings. The van der Waals surface area contributed by atoms with Crippen LogP contribution >= 0.6 is 0 Å². The van der Waals surface area contributed by atoms with Crippen molar-refractivity contribution in [2.45, 2.75) is 44.9 Å². The number of carbonyl (C=O) groups is 1. The Labute approximate surface area is 139 Å². The molecule has 1 N–H and O–H groups in total. The lowest BCUT2D eigenvalue weighted by atomic mass is 10.1. The molecule has 1 heterocycles. The molecule has 0 bridgehead atoms. The highest BCUT2D eigenvalue weighted by molar-refractivity contribution is 5.67. The number of carbonyl (C=O) groups excluding carboxylic acids is 1. The van der Waals surface area contributed by atoms with Gasteiger partial charge in [0.15, 0.2) is 0 Å². The van der Waals surface area contributed by atoms with E-state index < -0.39 is 0 Å². The Morgan fingerprint density at radius 1 is 1.30 bits per heavy atom. The molecule has 1 aliphatic heterocycles. The van der Waals surface area contributed by atoms with Crippen molar-refractivity contribution < 1.29 is 14.3 Å². The van der Waals surface area contributed by atoms with Crippen molar-refractivity contribution in [3.05, 3.63) is 35.9 Å². The molecule has 0 aliphatic carbocycles. The summed E-state index contributed by atoms with van der Waals surface area (Å²) in [6.45, 7) is 4.88. The van der Waals surface area contributed by atoms with Gasteiger partial charge >= 0.3 is 6.09 Å². The van der Waals surface area contributed by atoms with Crippen LogP contribution in [0, 0.1) is 0 Å². The summed E-state index contributed by atoms with van der Waals surface area (Å²) in [4.78, 5) is 13.9. The molecule has 5 heteroatoms. The lowest BCUT2D eigenvalue weighted by Gasteiger charge is -2.32. The number of nitrogens with one attached hydrogen (secondary N) is 1. The van der Waals surface area contributed by atoms with Gasteiger partial charge in [0.05, 0.1) is 6.10 Å². The number of benzene rings is 1. The van der Waals surface area contributed by atoms with Crippen molar-refractivity contribution in [1.29, 1.82) is 0 Å². The van der Waals surface area contributed by atoms with Gasteiger partial charge < -0.3 is 19.7 Å². The molecule has 1 amide bonds. The standard InChI is InChI=1S/C18H28N2O3/c1-15(22-2)8-11-19-17-9-12-20(13-10-17)18(21)23-14-16-6-4-3-5-7-16/h3-7,15,17,19H,8-14H2,1-2H3. The van der Waals surface area contributed by atoms with Crippen molar-refractivity contribution in [3.8, 4) is 0 Å². The van der Waals surface area contributed by atoms with Crippen LogP contribution in [0.3, 0.4) is 0 Å². The molecule has 1 atom stereocenters. The zero-order chi connectivity index (χ0) is 16.5. The fraction of sp³-hybridized carbons (Fsp3) is 0.611. The van der Waals surface area contributed by atoms with Crippen LogP contribution in [0.25, 0.3) is 0 Å². The molecule has 1 unspecified atom stereocenters. The highest BCUT2D eigenvalue weighted by Crippen LogP contribution is 2.12. The van der Waals surface area contributed by atoms with Crippen LogP contribution in [0.2, 0.25) is 0 Å². The molecule has 0 spiro atoms. The van der Waals surface area contributed by atoms with E-state index in [0.717, 1.165) is 44.5 Å². The normalized spacial score (nSPS) is 17.0. The number of hydrogen-bond donors (Lipinski definition) is 1. The van der Waals surface area contributed by atoms with E-state index in [2.05, 4.69) is 12.2 Å². The molecule has 0 radical (unpaired) electrons. The molecule has 2 rings (SSSR count). The summed E-state index contributed by atoms with van der Waals surface area (Å²) in [7, 11) is 1.74. The van der Waals surface area contributed by atoms with Crippen LogP contribution < -0.4 is 5.32 Å². The lowest BCUT2D eigenvalue weighted by Crippen LogP contribution is -2.45. The van der Waals surface area contributed by atoms with Gasteiger partial charge in [-0.25, -0.2) is 4.79 Å². The van der Waals surface area contributed by atoms with E-state index in [-0.39, 0.29) is 12.2 Å². The number of rotatable bonds is 7. The molecule has 0 aromatic heterocycles. The Bertz CT molecular complexity index is 459. The molecule has 1 aromatic carbocycles. The quantitative estimate of drug-likeness (QED) is 0.839. The van der Waals surface area contributed by atoms with Gasteiger partial charge in [0.25, 0.3) is 0 Å². The minimum absolute atomic E-state index is 0.208. The SMILES string of the molecule is COC(C)CCNC1CCN(C(=O)OCc2ccccc2)CC1. The monoisotopic (exact) mass is 320 g/mol. The summed E-state index contributed by atoms with van der Waals surface area (Å²) < 4.78 is 10.6. The predicted molar refractivity (Wildman–Crippen MR) is 90.3 cm³/mol. The summed E-state index contributed by atoms with van der Waals surface area (Å²) in [6.07, 6.45) is 3.04. The first-order valence-corrected chi connectivity index (χ1v) is 8.41. The number of hydrogen-bond acceptors (Lipinski definition) is 4. The maximum atomic E-state index is 12.1. The molecule has 1 aromatic rings. The molecular weight excluding hydrogens is 292 g/mol. The average molecular weight is 320 g/mol. The maximum Gasteiger partial charge on any atom is 0.410 e. The van der Waals surface area contributed by atoms with Gasteiger partial charge in [-0.3, -0.25) is 0 Å². The Hall–Kier alpha value is -1.59. The number of methoxy groups -OCH3 is 1. The van der Waals surface area contributed by atoms with E-state index in [9.17, 15) is 4.79 Å². The minimum atomic E-state index is -0.208. The topological polar surface area (TPSA) is 50.8 Å². The van der Waals surface area contributed by atoms with Crippen LogP contribution in [0.1, 0.15) is 31.7 Å². The zero-order valence-corrected chi connectivity index (χ0v) is 14.2. The van der Waals surface area contributed by atoms with Crippen molar-refractivity contribution in [2.24, 2.45) is 0 Å². The summed E-state index contributed by atoms with van der Waals surface area (Å²) >= 11 is 0. The smallest absolute Gasteiger partial charge is 0.410 e. The summed E-state index contributed by atoms with van der Waals surface area (Å²) in [5, 5.41) is 3.55. The second-order valence-corrected chi connectivity index (χ2v) is 6.09. The Kier molecular flexibility index (Phi) is 7.36. The van der Waals surface area contributed by atoms with Gasteiger partial charge in [0.2, 0.25) is 0 Å². The number of nitrogens with zero attached hydrogens (tertiary/aromatic N) is 1. The first kappa shape index (κ1) is 17.8. The number of ether oxygens (including phenoxy) is 2. The van der Waals surface area contributed by atoms with Gasteiger partial charge in [0, 0.05) is 26.2 Å². The fourth-order valence-corrected chi connectivity index (χ4v) is 2.69. The minimum Gasteiger partial charge on any atom is -0.445 e. The summed E-state index contributed by atoms with van der Waals surface area (Å²) in [6, 6.07) is 10.3. The first-order valence-electron chi connectivity index (χ1n) is 8.41. The third kappa shape index (κ3) is 6.20. The van der Waals surface area contributed by atoms with Gasteiger partial charge in [-0.15, -0.1) is 0 Å². The van der Waals surface area contributed by atoms with Gasteiger partial charge in [0.1, 0.15) is 6.61 Å². The van der Waals surface area contributed by atoms with Crippen LogP contribution in [-0.2, 0) is 16.1 Å². The summed E-state index contributed by atoms with van der Waals surface area (Å²) in [5.74, 6) is 0. The molecule has 5 nitrogen and oxygen atoms in total. The van der Waals surface area contributed by atoms with E-state index in [1.54, 1.807) is 12.0 Å². The highest BCUT2D eigenvalue weighted by atomic mass is 16.6. The average Bonchev–Trinajstić information content (AvgIpc) is 2.61. The maximum absolute atomic E-state index is 12.1. The van der Waals surface area contributed by atoms with Crippen molar-refractivity contribution in [3.63, 3.8) is 0 Å². The Morgan fingerprint density at radius 2 is 2.00 bits per heavy atom. The molecule has 1 fully saturated rings. The van der Waals surface area contributed by atoms with E-state index in [1.807, 2.05) is 30.3 Å². The molecule has 1 saturated heterocycles. The molecule has 0 saturated carbocycles. The number of amides is 1. The van der Waals surface area contributed by atoms with Gasteiger partial charge in [-0.05, 0) is 38.3 Å². The second kappa shape index (κ2) is 9.53. The highest BCUT2D eigenvalue weighted by Gasteiger charge is 2.23. The third-order valence-corrected chi connectivity index (χ3v) is 4.34. The predicted octanol–water partition coefficient (Wildman–Crippen LogP) is 2.80. The van der Waals surface area contributed by atoms with Gasteiger partial charge in [-0.2, -0.15) is 0 Å². The van der Waals surface area contributed by atoms with Crippen LogP contribution in [0.4, 0.5) is 4.79 Å². The molecule has 128 valence electrons. The van der Waals surface area contributed by atoms with E-state index in [0.29, 0.717) is 12.6 Å². The first-order chi connectivity index (χ1) is 11.2. The second-order valence-electron chi connectivity index (χ2n) is 6.09. The van der Waals surface area contributed by atoms with Crippen LogP contribution in [-0.4, -0.2) is 49.9 Å². The fourth-order valence-electron chi connectivity index (χ4n) is 2.69. The third-order valence-electron chi connectivity index (χ3n) is 4.34. The zero-order valence-electron chi connectivity index (χ0n) is 14.2.